The molecule has 0 aliphatic carbocycles. The summed E-state index contributed by atoms with van der Waals surface area (Å²) >= 11 is 0. The average Bonchev–Trinajstić information content (AvgIpc) is 2.39. The number of fused-ring (bicyclic) bond motifs is 1. The third-order valence-corrected chi connectivity index (χ3v) is 3.17. The van der Waals surface area contributed by atoms with Crippen molar-refractivity contribution in [3.05, 3.63) is 23.8 Å². The van der Waals surface area contributed by atoms with Gasteiger partial charge in [0.05, 0.1) is 18.8 Å². The number of morpholine rings is 1. The molecule has 0 spiro atoms. The van der Waals surface area contributed by atoms with Gasteiger partial charge in [-0.2, -0.15) is 0 Å². The number of rotatable bonds is 1. The predicted molar refractivity (Wildman–Crippen MR) is 63.6 cm³/mol. The zero-order valence-corrected chi connectivity index (χ0v) is 9.94. The molecule has 4 nitrogen and oxygen atoms in total. The molecule has 4 heteroatoms. The Labute approximate surface area is 101 Å². The largest absolute Gasteiger partial charge is 0.486 e. The Kier molecular flexibility index (Phi) is 2.91. The standard InChI is InChI=1S/C13H17NO3/c1-9-7-14-11(8-17-9)10-2-3-12-13(6-10)16-5-4-15-12/h2-3,6,9,11,14H,4-5,7-8H2,1H3. The predicted octanol–water partition coefficient (Wildman–Crippen LogP) is 1.51. The van der Waals surface area contributed by atoms with Crippen molar-refractivity contribution in [3.8, 4) is 11.5 Å². The molecule has 2 atom stereocenters. The van der Waals surface area contributed by atoms with Crippen LogP contribution in [0.1, 0.15) is 18.5 Å². The summed E-state index contributed by atoms with van der Waals surface area (Å²) in [6.45, 7) is 4.93. The second-order valence-electron chi connectivity index (χ2n) is 4.51. The molecule has 92 valence electrons. The zero-order valence-electron chi connectivity index (χ0n) is 9.94. The summed E-state index contributed by atoms with van der Waals surface area (Å²) in [6.07, 6.45) is 0.295. The number of nitrogens with one attached hydrogen (secondary N) is 1. The van der Waals surface area contributed by atoms with Crippen LogP contribution in [-0.4, -0.2) is 32.5 Å². The average molecular weight is 235 g/mol. The number of hydrogen-bond acceptors (Lipinski definition) is 4. The van der Waals surface area contributed by atoms with E-state index in [4.69, 9.17) is 14.2 Å². The summed E-state index contributed by atoms with van der Waals surface area (Å²) in [7, 11) is 0. The van der Waals surface area contributed by atoms with Crippen molar-refractivity contribution in [2.24, 2.45) is 0 Å². The smallest absolute Gasteiger partial charge is 0.161 e. The highest BCUT2D eigenvalue weighted by Crippen LogP contribution is 2.33. The first kappa shape index (κ1) is 10.9. The van der Waals surface area contributed by atoms with Gasteiger partial charge in [-0.05, 0) is 24.6 Å². The summed E-state index contributed by atoms with van der Waals surface area (Å²) in [5, 5.41) is 3.47. The van der Waals surface area contributed by atoms with Gasteiger partial charge in [-0.15, -0.1) is 0 Å². The second-order valence-corrected chi connectivity index (χ2v) is 4.51. The zero-order chi connectivity index (χ0) is 11.7. The minimum Gasteiger partial charge on any atom is -0.486 e. The molecule has 1 aromatic carbocycles. The number of benzene rings is 1. The number of ether oxygens (including phenoxy) is 3. The van der Waals surface area contributed by atoms with Crippen molar-refractivity contribution < 1.29 is 14.2 Å². The van der Waals surface area contributed by atoms with Gasteiger partial charge >= 0.3 is 0 Å². The van der Waals surface area contributed by atoms with Crippen LogP contribution >= 0.6 is 0 Å². The van der Waals surface area contributed by atoms with Gasteiger partial charge in [0.15, 0.2) is 11.5 Å². The van der Waals surface area contributed by atoms with Crippen LogP contribution in [0.2, 0.25) is 0 Å². The Morgan fingerprint density at radius 2 is 2.00 bits per heavy atom. The molecule has 0 radical (unpaired) electrons. The topological polar surface area (TPSA) is 39.7 Å². The first-order valence-corrected chi connectivity index (χ1v) is 6.07. The third kappa shape index (κ3) is 2.23. The maximum Gasteiger partial charge on any atom is 0.161 e. The van der Waals surface area contributed by atoms with Crippen molar-refractivity contribution in [2.75, 3.05) is 26.4 Å². The van der Waals surface area contributed by atoms with Gasteiger partial charge < -0.3 is 19.5 Å². The normalized spacial score (nSPS) is 27.8. The minimum absolute atomic E-state index is 0.252. The Balaban J connectivity index is 1.79. The van der Waals surface area contributed by atoms with Gasteiger partial charge in [0, 0.05) is 6.54 Å². The molecule has 3 rings (SSSR count). The molecule has 2 heterocycles. The van der Waals surface area contributed by atoms with Gasteiger partial charge in [-0.3, -0.25) is 0 Å². The lowest BCUT2D eigenvalue weighted by Gasteiger charge is -2.29. The van der Waals surface area contributed by atoms with E-state index in [9.17, 15) is 0 Å². The highest BCUT2D eigenvalue weighted by Gasteiger charge is 2.21. The maximum atomic E-state index is 5.65. The van der Waals surface area contributed by atoms with Crippen LogP contribution in [0.4, 0.5) is 0 Å². The van der Waals surface area contributed by atoms with Crippen LogP contribution in [0.5, 0.6) is 11.5 Å². The first-order valence-electron chi connectivity index (χ1n) is 6.07. The first-order chi connectivity index (χ1) is 8.33. The van der Waals surface area contributed by atoms with Crippen molar-refractivity contribution >= 4 is 0 Å². The maximum absolute atomic E-state index is 5.65. The van der Waals surface area contributed by atoms with E-state index >= 15 is 0 Å². The summed E-state index contributed by atoms with van der Waals surface area (Å²) in [5.74, 6) is 1.68. The molecule has 0 saturated carbocycles. The van der Waals surface area contributed by atoms with E-state index in [1.165, 1.54) is 5.56 Å². The summed E-state index contributed by atoms with van der Waals surface area (Å²) in [5.41, 5.74) is 1.20. The Morgan fingerprint density at radius 3 is 2.76 bits per heavy atom. The number of hydrogen-bond donors (Lipinski definition) is 1. The van der Waals surface area contributed by atoms with Crippen molar-refractivity contribution in [1.82, 2.24) is 5.32 Å². The SMILES string of the molecule is CC1CNC(c2ccc3c(c2)OCCO3)CO1. The van der Waals surface area contributed by atoms with Crippen LogP contribution in [0, 0.1) is 0 Å². The van der Waals surface area contributed by atoms with Gasteiger partial charge in [0.1, 0.15) is 13.2 Å². The van der Waals surface area contributed by atoms with E-state index in [2.05, 4.69) is 18.3 Å². The fourth-order valence-corrected chi connectivity index (χ4v) is 2.18. The lowest BCUT2D eigenvalue weighted by Crippen LogP contribution is -2.39. The summed E-state index contributed by atoms with van der Waals surface area (Å²) in [4.78, 5) is 0. The summed E-state index contributed by atoms with van der Waals surface area (Å²) < 4.78 is 16.7. The molecule has 2 unspecified atom stereocenters. The Morgan fingerprint density at radius 1 is 1.18 bits per heavy atom. The molecule has 2 aliphatic heterocycles. The van der Waals surface area contributed by atoms with E-state index in [0.717, 1.165) is 18.0 Å². The quantitative estimate of drug-likeness (QED) is 0.801. The van der Waals surface area contributed by atoms with Gasteiger partial charge in [-0.25, -0.2) is 0 Å². The highest BCUT2D eigenvalue weighted by molar-refractivity contribution is 5.44. The van der Waals surface area contributed by atoms with Crippen LogP contribution in [0.15, 0.2) is 18.2 Å². The van der Waals surface area contributed by atoms with Crippen molar-refractivity contribution in [2.45, 2.75) is 19.1 Å². The highest BCUT2D eigenvalue weighted by atomic mass is 16.6. The minimum atomic E-state index is 0.252. The van der Waals surface area contributed by atoms with E-state index in [1.807, 2.05) is 12.1 Å². The van der Waals surface area contributed by atoms with Gasteiger partial charge in [0.2, 0.25) is 0 Å². The monoisotopic (exact) mass is 235 g/mol. The van der Waals surface area contributed by atoms with Crippen molar-refractivity contribution in [3.63, 3.8) is 0 Å². The van der Waals surface area contributed by atoms with Crippen LogP contribution in [0.25, 0.3) is 0 Å². The molecular weight excluding hydrogens is 218 g/mol. The Hall–Kier alpha value is -1.26. The lowest BCUT2D eigenvalue weighted by molar-refractivity contribution is 0.0148. The van der Waals surface area contributed by atoms with Crippen molar-refractivity contribution in [1.29, 1.82) is 0 Å². The molecule has 17 heavy (non-hydrogen) atoms. The fourth-order valence-electron chi connectivity index (χ4n) is 2.18. The van der Waals surface area contributed by atoms with Gasteiger partial charge in [-0.1, -0.05) is 6.07 Å². The molecule has 0 aromatic heterocycles. The van der Waals surface area contributed by atoms with E-state index < -0.39 is 0 Å². The fraction of sp³-hybridized carbons (Fsp3) is 0.538. The van der Waals surface area contributed by atoms with E-state index in [-0.39, 0.29) is 6.04 Å². The van der Waals surface area contributed by atoms with Gasteiger partial charge in [0.25, 0.3) is 0 Å². The molecule has 1 saturated heterocycles. The van der Waals surface area contributed by atoms with Crippen LogP contribution in [0.3, 0.4) is 0 Å². The third-order valence-electron chi connectivity index (χ3n) is 3.17. The molecule has 1 fully saturated rings. The molecular formula is C13H17NO3. The molecule has 1 N–H and O–H groups in total. The molecule has 0 amide bonds. The molecule has 1 aromatic rings. The lowest BCUT2D eigenvalue weighted by atomic mass is 10.1. The van der Waals surface area contributed by atoms with E-state index in [0.29, 0.717) is 25.9 Å². The van der Waals surface area contributed by atoms with Crippen LogP contribution < -0.4 is 14.8 Å². The molecule has 0 bridgehead atoms. The second kappa shape index (κ2) is 4.55. The van der Waals surface area contributed by atoms with E-state index in [1.54, 1.807) is 0 Å². The summed E-state index contributed by atoms with van der Waals surface area (Å²) in [6, 6.07) is 6.35. The Bertz CT molecular complexity index is 400. The van der Waals surface area contributed by atoms with Crippen LogP contribution in [-0.2, 0) is 4.74 Å². The molecule has 2 aliphatic rings.